The molecule has 2 rings (SSSR count). The third kappa shape index (κ3) is 6.17. The fourth-order valence-corrected chi connectivity index (χ4v) is 2.85. The van der Waals surface area contributed by atoms with Crippen LogP contribution in [0.2, 0.25) is 0 Å². The number of rotatable bonds is 10. The molecule has 1 aromatic carbocycles. The van der Waals surface area contributed by atoms with E-state index in [1.807, 2.05) is 5.38 Å². The summed E-state index contributed by atoms with van der Waals surface area (Å²) < 4.78 is 0. The molecule has 0 aliphatic rings. The van der Waals surface area contributed by atoms with E-state index in [4.69, 9.17) is 0 Å². The van der Waals surface area contributed by atoms with E-state index in [9.17, 15) is 19.7 Å². The highest BCUT2D eigenvalue weighted by Gasteiger charge is 2.11. The quantitative estimate of drug-likeness (QED) is 0.335. The van der Waals surface area contributed by atoms with Gasteiger partial charge in [0.2, 0.25) is 5.91 Å². The molecular formula is C17H20N4O4S. The number of nitrogens with zero attached hydrogens (tertiary/aromatic N) is 1. The molecule has 138 valence electrons. The first kappa shape index (κ1) is 19.4. The Labute approximate surface area is 154 Å². The molecule has 9 heteroatoms. The van der Waals surface area contributed by atoms with Crippen LogP contribution in [0.5, 0.6) is 0 Å². The van der Waals surface area contributed by atoms with Crippen molar-refractivity contribution in [2.45, 2.75) is 12.8 Å². The first-order valence-corrected chi connectivity index (χ1v) is 9.06. The van der Waals surface area contributed by atoms with Crippen LogP contribution in [0.1, 0.15) is 23.2 Å². The molecule has 0 saturated carbocycles. The molecule has 0 bridgehead atoms. The van der Waals surface area contributed by atoms with E-state index < -0.39 is 4.92 Å². The molecule has 26 heavy (non-hydrogen) atoms. The molecule has 0 saturated heterocycles. The number of carbonyl (C=O) groups is 2. The molecule has 0 radical (unpaired) electrons. The number of anilines is 1. The van der Waals surface area contributed by atoms with Gasteiger partial charge in [-0.15, -0.1) is 0 Å². The van der Waals surface area contributed by atoms with Gasteiger partial charge in [0.05, 0.1) is 4.92 Å². The van der Waals surface area contributed by atoms with Crippen molar-refractivity contribution in [3.05, 3.63) is 56.8 Å². The summed E-state index contributed by atoms with van der Waals surface area (Å²) in [4.78, 5) is 33.9. The zero-order chi connectivity index (χ0) is 18.8. The summed E-state index contributed by atoms with van der Waals surface area (Å²) in [6, 6.07) is 8.10. The van der Waals surface area contributed by atoms with E-state index in [0.717, 1.165) is 0 Å². The summed E-state index contributed by atoms with van der Waals surface area (Å²) in [5.41, 5.74) is 1.05. The first-order valence-electron chi connectivity index (χ1n) is 8.12. The zero-order valence-electron chi connectivity index (χ0n) is 14.1. The first-order chi connectivity index (χ1) is 12.6. The number of amides is 2. The second kappa shape index (κ2) is 10.1. The van der Waals surface area contributed by atoms with Gasteiger partial charge in [-0.2, -0.15) is 11.3 Å². The Morgan fingerprint density at radius 2 is 1.88 bits per heavy atom. The van der Waals surface area contributed by atoms with Crippen LogP contribution >= 0.6 is 11.3 Å². The Balaban J connectivity index is 1.58. The van der Waals surface area contributed by atoms with Gasteiger partial charge in [0, 0.05) is 43.1 Å². The standard InChI is InChI=1S/C17H20N4O4S/c22-16(6-3-8-20-17(23)13-7-11-26-12-13)19-10-9-18-14-4-1-2-5-15(14)21(24)25/h1-2,4-5,7,11-12,18H,3,6,8-10H2,(H,19,22)(H,20,23). The number of carbonyl (C=O) groups excluding carboxylic acids is 2. The van der Waals surface area contributed by atoms with E-state index in [0.29, 0.717) is 43.7 Å². The van der Waals surface area contributed by atoms with Gasteiger partial charge in [0.15, 0.2) is 0 Å². The third-order valence-corrected chi connectivity index (χ3v) is 4.20. The van der Waals surface area contributed by atoms with Gasteiger partial charge in [0.25, 0.3) is 11.6 Å². The van der Waals surface area contributed by atoms with E-state index in [2.05, 4.69) is 16.0 Å². The van der Waals surface area contributed by atoms with Gasteiger partial charge in [-0.1, -0.05) is 12.1 Å². The van der Waals surface area contributed by atoms with Gasteiger partial charge in [-0.3, -0.25) is 19.7 Å². The fourth-order valence-electron chi connectivity index (χ4n) is 2.22. The van der Waals surface area contributed by atoms with Gasteiger partial charge >= 0.3 is 0 Å². The minimum atomic E-state index is -0.453. The lowest BCUT2D eigenvalue weighted by atomic mass is 10.2. The smallest absolute Gasteiger partial charge is 0.292 e. The number of nitrogens with one attached hydrogen (secondary N) is 3. The number of para-hydroxylation sites is 2. The second-order valence-corrected chi connectivity index (χ2v) is 6.20. The zero-order valence-corrected chi connectivity index (χ0v) is 14.9. The Morgan fingerprint density at radius 1 is 1.08 bits per heavy atom. The number of nitro benzene ring substituents is 1. The van der Waals surface area contributed by atoms with Crippen molar-refractivity contribution in [1.82, 2.24) is 10.6 Å². The molecule has 1 aromatic heterocycles. The summed E-state index contributed by atoms with van der Waals surface area (Å²) in [7, 11) is 0. The minimum Gasteiger partial charge on any atom is -0.378 e. The number of hydrogen-bond donors (Lipinski definition) is 3. The van der Waals surface area contributed by atoms with E-state index in [1.165, 1.54) is 17.4 Å². The summed E-state index contributed by atoms with van der Waals surface area (Å²) >= 11 is 1.46. The average Bonchev–Trinajstić information content (AvgIpc) is 3.17. The third-order valence-electron chi connectivity index (χ3n) is 3.51. The lowest BCUT2D eigenvalue weighted by molar-refractivity contribution is -0.384. The maximum Gasteiger partial charge on any atom is 0.292 e. The van der Waals surface area contributed by atoms with Crippen molar-refractivity contribution in [2.75, 3.05) is 25.0 Å². The molecule has 2 aromatic rings. The van der Waals surface area contributed by atoms with Crippen LogP contribution in [0.3, 0.4) is 0 Å². The van der Waals surface area contributed by atoms with Crippen molar-refractivity contribution in [1.29, 1.82) is 0 Å². The maximum absolute atomic E-state index is 11.7. The molecule has 0 fully saturated rings. The lowest BCUT2D eigenvalue weighted by Crippen LogP contribution is -2.30. The van der Waals surface area contributed by atoms with Crippen molar-refractivity contribution in [3.8, 4) is 0 Å². The van der Waals surface area contributed by atoms with Crippen molar-refractivity contribution in [3.63, 3.8) is 0 Å². The molecule has 0 aliphatic carbocycles. The highest BCUT2D eigenvalue weighted by atomic mass is 32.1. The molecule has 1 heterocycles. The summed E-state index contributed by atoms with van der Waals surface area (Å²) in [5, 5.41) is 22.9. The largest absolute Gasteiger partial charge is 0.378 e. The monoisotopic (exact) mass is 376 g/mol. The Kier molecular flexibility index (Phi) is 7.56. The Hall–Kier alpha value is -2.94. The normalized spacial score (nSPS) is 10.2. The number of hydrogen-bond acceptors (Lipinski definition) is 6. The van der Waals surface area contributed by atoms with E-state index in [-0.39, 0.29) is 17.5 Å². The SMILES string of the molecule is O=C(CCCNC(=O)c1ccsc1)NCCNc1ccccc1[N+](=O)[O-]. The van der Waals surface area contributed by atoms with E-state index in [1.54, 1.807) is 29.6 Å². The van der Waals surface area contributed by atoms with Crippen molar-refractivity contribution >= 4 is 34.5 Å². The van der Waals surface area contributed by atoms with Gasteiger partial charge in [-0.05, 0) is 23.9 Å². The predicted octanol–water partition coefficient (Wildman–Crippen LogP) is 2.39. The van der Waals surface area contributed by atoms with Crippen LogP contribution in [0, 0.1) is 10.1 Å². The number of thiophene rings is 1. The highest BCUT2D eigenvalue weighted by molar-refractivity contribution is 7.08. The van der Waals surface area contributed by atoms with E-state index >= 15 is 0 Å². The molecule has 3 N–H and O–H groups in total. The summed E-state index contributed by atoms with van der Waals surface area (Å²) in [6.45, 7) is 1.16. The maximum atomic E-state index is 11.7. The predicted molar refractivity (Wildman–Crippen MR) is 100 cm³/mol. The average molecular weight is 376 g/mol. The van der Waals surface area contributed by atoms with Crippen LogP contribution in [-0.2, 0) is 4.79 Å². The molecule has 0 spiro atoms. The molecule has 0 aliphatic heterocycles. The molecular weight excluding hydrogens is 356 g/mol. The van der Waals surface area contributed by atoms with Crippen molar-refractivity contribution < 1.29 is 14.5 Å². The molecule has 8 nitrogen and oxygen atoms in total. The second-order valence-electron chi connectivity index (χ2n) is 5.42. The topological polar surface area (TPSA) is 113 Å². The number of nitro groups is 1. The van der Waals surface area contributed by atoms with Crippen LogP contribution < -0.4 is 16.0 Å². The van der Waals surface area contributed by atoms with Gasteiger partial charge in [-0.25, -0.2) is 0 Å². The molecule has 2 amide bonds. The van der Waals surface area contributed by atoms with Crippen LogP contribution in [0.25, 0.3) is 0 Å². The highest BCUT2D eigenvalue weighted by Crippen LogP contribution is 2.22. The summed E-state index contributed by atoms with van der Waals surface area (Å²) in [6.07, 6.45) is 0.842. The van der Waals surface area contributed by atoms with Gasteiger partial charge in [0.1, 0.15) is 5.69 Å². The number of benzene rings is 1. The van der Waals surface area contributed by atoms with Crippen LogP contribution in [0.4, 0.5) is 11.4 Å². The van der Waals surface area contributed by atoms with Gasteiger partial charge < -0.3 is 16.0 Å². The summed E-state index contributed by atoms with van der Waals surface area (Å²) in [5.74, 6) is -0.264. The molecule has 0 unspecified atom stereocenters. The lowest BCUT2D eigenvalue weighted by Gasteiger charge is -2.08. The Morgan fingerprint density at radius 3 is 2.62 bits per heavy atom. The van der Waals surface area contributed by atoms with Crippen LogP contribution in [0.15, 0.2) is 41.1 Å². The Bertz CT molecular complexity index is 749. The fraction of sp³-hybridized carbons (Fsp3) is 0.294. The van der Waals surface area contributed by atoms with Crippen LogP contribution in [-0.4, -0.2) is 36.4 Å². The minimum absolute atomic E-state index is 0.000176. The van der Waals surface area contributed by atoms with Crippen molar-refractivity contribution in [2.24, 2.45) is 0 Å². The molecule has 0 atom stereocenters.